The molecule has 0 amide bonds. The predicted molar refractivity (Wildman–Crippen MR) is 73.8 cm³/mol. The van der Waals surface area contributed by atoms with E-state index < -0.39 is 12.1 Å². The summed E-state index contributed by atoms with van der Waals surface area (Å²) in [6, 6.07) is 4.18. The number of halogens is 3. The van der Waals surface area contributed by atoms with Crippen molar-refractivity contribution in [3.8, 4) is 0 Å². The molecule has 0 saturated heterocycles. The van der Waals surface area contributed by atoms with Crippen LogP contribution in [0.4, 0.5) is 4.39 Å². The van der Waals surface area contributed by atoms with E-state index in [1.165, 1.54) is 6.07 Å². The Bertz CT molecular complexity index is 351. The summed E-state index contributed by atoms with van der Waals surface area (Å²) < 4.78 is 13.7. The highest BCUT2D eigenvalue weighted by atomic mass is 79.9. The smallest absolute Gasteiger partial charge is 0.137 e. The van der Waals surface area contributed by atoms with E-state index in [0.29, 0.717) is 16.5 Å². The van der Waals surface area contributed by atoms with Crippen molar-refractivity contribution < 1.29 is 9.50 Å². The van der Waals surface area contributed by atoms with Gasteiger partial charge in [-0.05, 0) is 40.0 Å². The fourth-order valence-corrected chi connectivity index (χ4v) is 1.78. The quantitative estimate of drug-likeness (QED) is 0.869. The molecule has 0 aliphatic rings. The van der Waals surface area contributed by atoms with Crippen LogP contribution in [0.15, 0.2) is 22.7 Å². The van der Waals surface area contributed by atoms with Crippen molar-refractivity contribution in [2.24, 2.45) is 5.73 Å². The van der Waals surface area contributed by atoms with E-state index in [4.69, 9.17) is 5.73 Å². The molecule has 0 aliphatic carbocycles. The summed E-state index contributed by atoms with van der Waals surface area (Å²) in [6.07, 6.45) is 1.97. The molecule has 0 unspecified atom stereocenters. The lowest BCUT2D eigenvalue weighted by molar-refractivity contribution is 0.132. The number of benzene rings is 1. The molecule has 0 aromatic heterocycles. The molecule has 0 heterocycles. The van der Waals surface area contributed by atoms with Gasteiger partial charge in [-0.3, -0.25) is 0 Å². The summed E-state index contributed by atoms with van der Waals surface area (Å²) in [5.74, 6) is -0.351. The molecule has 3 N–H and O–H groups in total. The van der Waals surface area contributed by atoms with Gasteiger partial charge in [-0.1, -0.05) is 25.8 Å². The van der Waals surface area contributed by atoms with Crippen LogP contribution >= 0.6 is 28.3 Å². The first kappa shape index (κ1) is 16.8. The fourth-order valence-electron chi connectivity index (χ4n) is 1.53. The van der Waals surface area contributed by atoms with Crippen LogP contribution in [0, 0.1) is 5.82 Å². The lowest BCUT2D eigenvalue weighted by atomic mass is 9.98. The summed E-state index contributed by atoms with van der Waals surface area (Å²) in [5.41, 5.74) is 6.50. The van der Waals surface area contributed by atoms with Gasteiger partial charge >= 0.3 is 0 Å². The van der Waals surface area contributed by atoms with Gasteiger partial charge in [-0.25, -0.2) is 4.39 Å². The Kier molecular flexibility index (Phi) is 7.96. The molecule has 0 aliphatic heterocycles. The van der Waals surface area contributed by atoms with Crippen molar-refractivity contribution in [1.29, 1.82) is 0 Å². The van der Waals surface area contributed by atoms with Crippen LogP contribution in [-0.4, -0.2) is 11.2 Å². The van der Waals surface area contributed by atoms with Gasteiger partial charge in [0.2, 0.25) is 0 Å². The second-order valence-corrected chi connectivity index (χ2v) is 4.76. The van der Waals surface area contributed by atoms with Gasteiger partial charge in [-0.15, -0.1) is 12.4 Å². The molecule has 1 aromatic carbocycles. The molecule has 98 valence electrons. The van der Waals surface area contributed by atoms with Crippen molar-refractivity contribution in [2.45, 2.75) is 38.3 Å². The third-order valence-corrected chi connectivity index (χ3v) is 3.24. The third-order valence-electron chi connectivity index (χ3n) is 2.60. The molecule has 2 nitrogen and oxygen atoms in total. The van der Waals surface area contributed by atoms with Crippen molar-refractivity contribution >= 4 is 28.3 Å². The number of nitrogens with two attached hydrogens (primary N) is 1. The molecule has 5 heteroatoms. The van der Waals surface area contributed by atoms with E-state index in [2.05, 4.69) is 22.9 Å². The first-order valence-electron chi connectivity index (χ1n) is 5.44. The summed E-state index contributed by atoms with van der Waals surface area (Å²) in [5, 5.41) is 9.80. The average Bonchev–Trinajstić information content (AvgIpc) is 2.28. The van der Waals surface area contributed by atoms with Gasteiger partial charge in [-0.2, -0.15) is 0 Å². The maximum atomic E-state index is 13.3. The largest absolute Gasteiger partial charge is 0.391 e. The van der Waals surface area contributed by atoms with E-state index in [-0.39, 0.29) is 18.2 Å². The Morgan fingerprint density at radius 3 is 2.65 bits per heavy atom. The number of hydrogen-bond donors (Lipinski definition) is 2. The van der Waals surface area contributed by atoms with E-state index in [1.807, 2.05) is 0 Å². The molecule has 1 rings (SSSR count). The molecular weight excluding hydrogens is 308 g/mol. The molecule has 17 heavy (non-hydrogen) atoms. The second-order valence-electron chi connectivity index (χ2n) is 3.91. The number of hydrogen-bond acceptors (Lipinski definition) is 2. The zero-order chi connectivity index (χ0) is 12.1. The molecule has 0 bridgehead atoms. The molecule has 0 spiro atoms. The van der Waals surface area contributed by atoms with Crippen molar-refractivity contribution in [2.75, 3.05) is 0 Å². The average molecular weight is 327 g/mol. The Morgan fingerprint density at radius 1 is 1.47 bits per heavy atom. The van der Waals surface area contributed by atoms with Gasteiger partial charge in [0.1, 0.15) is 5.82 Å². The standard InChI is InChI=1S/C12H17BrFNO.ClH/c1-2-3-4-11(16)12(15)8-5-6-9(13)10(14)7-8;/h5-7,11-12,16H,2-4,15H2,1H3;1H/t11-,12+;/m0./s1. The van der Waals surface area contributed by atoms with Crippen LogP contribution in [0.3, 0.4) is 0 Å². The van der Waals surface area contributed by atoms with E-state index in [1.54, 1.807) is 12.1 Å². The minimum atomic E-state index is -0.611. The van der Waals surface area contributed by atoms with E-state index in [0.717, 1.165) is 12.8 Å². The van der Waals surface area contributed by atoms with Crippen molar-refractivity contribution in [3.63, 3.8) is 0 Å². The number of unbranched alkanes of at least 4 members (excludes halogenated alkanes) is 1. The third kappa shape index (κ3) is 4.92. The molecule has 0 saturated carbocycles. The number of rotatable bonds is 5. The van der Waals surface area contributed by atoms with Gasteiger partial charge in [0.25, 0.3) is 0 Å². The van der Waals surface area contributed by atoms with Gasteiger partial charge < -0.3 is 10.8 Å². The highest BCUT2D eigenvalue weighted by Crippen LogP contribution is 2.23. The molecule has 0 fully saturated rings. The summed E-state index contributed by atoms with van der Waals surface area (Å²) >= 11 is 3.08. The minimum Gasteiger partial charge on any atom is -0.391 e. The maximum absolute atomic E-state index is 13.3. The second kappa shape index (κ2) is 8.03. The highest BCUT2D eigenvalue weighted by molar-refractivity contribution is 9.10. The summed E-state index contributed by atoms with van der Waals surface area (Å²) in [4.78, 5) is 0. The molecule has 1 aromatic rings. The molecular formula is C12H18BrClFNO. The normalized spacial score (nSPS) is 13.9. The predicted octanol–water partition coefficient (Wildman–Crippen LogP) is 3.56. The highest BCUT2D eigenvalue weighted by Gasteiger charge is 2.17. The Labute approximate surface area is 116 Å². The zero-order valence-corrected chi connectivity index (χ0v) is 12.1. The van der Waals surface area contributed by atoms with Crippen LogP contribution in [0.25, 0.3) is 0 Å². The van der Waals surface area contributed by atoms with Gasteiger partial charge in [0, 0.05) is 0 Å². The Morgan fingerprint density at radius 2 is 2.12 bits per heavy atom. The van der Waals surface area contributed by atoms with E-state index in [9.17, 15) is 9.50 Å². The monoisotopic (exact) mass is 325 g/mol. The van der Waals surface area contributed by atoms with Crippen LogP contribution < -0.4 is 5.73 Å². The van der Waals surface area contributed by atoms with Crippen molar-refractivity contribution in [1.82, 2.24) is 0 Å². The Hall–Kier alpha value is -0.160. The Balaban J connectivity index is 0.00000256. The fraction of sp³-hybridized carbons (Fsp3) is 0.500. The SMILES string of the molecule is CCCC[C@H](O)[C@H](N)c1ccc(Br)c(F)c1.Cl. The van der Waals surface area contributed by atoms with Crippen LogP contribution in [0.5, 0.6) is 0 Å². The van der Waals surface area contributed by atoms with Crippen molar-refractivity contribution in [3.05, 3.63) is 34.1 Å². The van der Waals surface area contributed by atoms with Gasteiger partial charge in [0.05, 0.1) is 16.6 Å². The first-order valence-corrected chi connectivity index (χ1v) is 6.24. The summed E-state index contributed by atoms with van der Waals surface area (Å²) in [6.45, 7) is 2.05. The topological polar surface area (TPSA) is 46.2 Å². The molecule has 2 atom stereocenters. The van der Waals surface area contributed by atoms with Crippen LogP contribution in [-0.2, 0) is 0 Å². The first-order chi connectivity index (χ1) is 7.56. The number of aliphatic hydroxyl groups excluding tert-OH is 1. The lowest BCUT2D eigenvalue weighted by Crippen LogP contribution is -2.26. The van der Waals surface area contributed by atoms with Crippen LogP contribution in [0.1, 0.15) is 37.8 Å². The number of aliphatic hydroxyl groups is 1. The van der Waals surface area contributed by atoms with E-state index >= 15 is 0 Å². The summed E-state index contributed by atoms with van der Waals surface area (Å²) in [7, 11) is 0. The lowest BCUT2D eigenvalue weighted by Gasteiger charge is -2.19. The maximum Gasteiger partial charge on any atom is 0.137 e. The van der Waals surface area contributed by atoms with Crippen LogP contribution in [0.2, 0.25) is 0 Å². The molecule has 0 radical (unpaired) electrons. The zero-order valence-electron chi connectivity index (χ0n) is 9.70. The minimum absolute atomic E-state index is 0. The van der Waals surface area contributed by atoms with Gasteiger partial charge in [0.15, 0.2) is 0 Å².